The fourth-order valence-corrected chi connectivity index (χ4v) is 3.63. The van der Waals surface area contributed by atoms with Gasteiger partial charge in [-0.2, -0.15) is 0 Å². The van der Waals surface area contributed by atoms with Crippen molar-refractivity contribution in [2.75, 3.05) is 13.2 Å². The van der Waals surface area contributed by atoms with Gasteiger partial charge in [0.15, 0.2) is 18.7 Å². The smallest absolute Gasteiger partial charge is 0.335 e. The first-order valence-electron chi connectivity index (χ1n) is 10.9. The first-order valence-corrected chi connectivity index (χ1v) is 10.9. The summed E-state index contributed by atoms with van der Waals surface area (Å²) in [6, 6.07) is 0. The first-order chi connectivity index (χ1) is 16.3. The lowest BCUT2D eigenvalue weighted by Crippen LogP contribution is -2.61. The third kappa shape index (κ3) is 7.02. The average Bonchev–Trinajstić information content (AvgIpc) is 2.84. The van der Waals surface area contributed by atoms with Gasteiger partial charge in [-0.25, -0.2) is 4.79 Å². The van der Waals surface area contributed by atoms with Crippen molar-refractivity contribution in [3.05, 3.63) is 0 Å². The number of aliphatic hydroxyl groups is 10. The zero-order chi connectivity index (χ0) is 26.6. The standard InChI is InChI=1S/C19H34O16/c1-2-6-9(22)12(25)15(28)19(34-6)33-4-7-10(23)13(26)16(29)18(35-7)32-3-5(20)8(21)11(24)14(27)17(30)31/h5-16,18-29H,2-4H2,1H3,(H,30,31)/t5?,6?,7?,8-,9-,10-,11-,12-,13-,14?,15?,16?,18+,19+/m1/s1. The van der Waals surface area contributed by atoms with Gasteiger partial charge < -0.3 is 75.1 Å². The van der Waals surface area contributed by atoms with Gasteiger partial charge in [0.1, 0.15) is 61.0 Å². The van der Waals surface area contributed by atoms with Gasteiger partial charge in [-0.1, -0.05) is 6.92 Å². The van der Waals surface area contributed by atoms with Crippen LogP contribution in [0.25, 0.3) is 0 Å². The van der Waals surface area contributed by atoms with Crippen LogP contribution in [0.2, 0.25) is 0 Å². The largest absolute Gasteiger partial charge is 0.479 e. The van der Waals surface area contributed by atoms with E-state index in [2.05, 4.69) is 0 Å². The van der Waals surface area contributed by atoms with E-state index in [0.29, 0.717) is 0 Å². The van der Waals surface area contributed by atoms with E-state index in [1.807, 2.05) is 0 Å². The molecule has 14 atom stereocenters. The number of rotatable bonds is 11. The second-order valence-electron chi connectivity index (χ2n) is 8.44. The molecule has 0 aromatic rings. The Kier molecular flexibility index (Phi) is 11.1. The van der Waals surface area contributed by atoms with Gasteiger partial charge in [0.2, 0.25) is 0 Å². The summed E-state index contributed by atoms with van der Waals surface area (Å²) < 4.78 is 21.2. The summed E-state index contributed by atoms with van der Waals surface area (Å²) in [7, 11) is 0. The molecule has 2 aliphatic rings. The van der Waals surface area contributed by atoms with Crippen molar-refractivity contribution in [3.8, 4) is 0 Å². The Morgan fingerprint density at radius 1 is 0.743 bits per heavy atom. The molecule has 35 heavy (non-hydrogen) atoms. The number of aliphatic hydroxyl groups excluding tert-OH is 10. The summed E-state index contributed by atoms with van der Waals surface area (Å²) in [5.41, 5.74) is 0. The molecule has 6 unspecified atom stereocenters. The maximum atomic E-state index is 10.7. The first kappa shape index (κ1) is 30.1. The Hall–Kier alpha value is -1.09. The molecule has 0 amide bonds. The molecular weight excluding hydrogens is 484 g/mol. The average molecular weight is 518 g/mol. The van der Waals surface area contributed by atoms with Gasteiger partial charge in [0.05, 0.1) is 19.3 Å². The van der Waals surface area contributed by atoms with Gasteiger partial charge >= 0.3 is 5.97 Å². The summed E-state index contributed by atoms with van der Waals surface area (Å²) in [5, 5.41) is 108. The number of carboxylic acid groups (broad SMARTS) is 1. The zero-order valence-electron chi connectivity index (χ0n) is 18.7. The lowest BCUT2D eigenvalue weighted by Gasteiger charge is -2.43. The molecule has 2 fully saturated rings. The van der Waals surface area contributed by atoms with Gasteiger partial charge in [0, 0.05) is 0 Å². The minimum absolute atomic E-state index is 0.278. The van der Waals surface area contributed by atoms with Gasteiger partial charge in [-0.05, 0) is 6.42 Å². The van der Waals surface area contributed by atoms with Crippen molar-refractivity contribution >= 4 is 5.97 Å². The van der Waals surface area contributed by atoms with E-state index in [0.717, 1.165) is 0 Å². The maximum Gasteiger partial charge on any atom is 0.335 e. The summed E-state index contributed by atoms with van der Waals surface area (Å²) >= 11 is 0. The van der Waals surface area contributed by atoms with Crippen LogP contribution in [0.1, 0.15) is 13.3 Å². The van der Waals surface area contributed by atoms with Crippen molar-refractivity contribution < 1.29 is 79.9 Å². The van der Waals surface area contributed by atoms with Crippen LogP contribution in [0.15, 0.2) is 0 Å². The molecule has 0 spiro atoms. The normalized spacial score (nSPS) is 41.7. The van der Waals surface area contributed by atoms with Crippen LogP contribution in [-0.4, -0.2) is 161 Å². The molecule has 0 radical (unpaired) electrons. The van der Waals surface area contributed by atoms with Gasteiger partial charge in [-0.3, -0.25) is 0 Å². The highest BCUT2D eigenvalue weighted by Gasteiger charge is 2.47. The fourth-order valence-electron chi connectivity index (χ4n) is 3.63. The van der Waals surface area contributed by atoms with E-state index in [4.69, 9.17) is 24.1 Å². The highest BCUT2D eigenvalue weighted by molar-refractivity contribution is 5.72. The SMILES string of the molecule is CCC1O[C@H](OCC2O[C@H](OCC(O)[C@@H](O)[C@@H](O)C(O)C(=O)O)C(O)[C@H](O)[C@@H]2O)C(O)[C@H](O)[C@@H]1O. The van der Waals surface area contributed by atoms with Gasteiger partial charge in [-0.15, -0.1) is 0 Å². The number of ether oxygens (including phenoxy) is 4. The number of hydrogen-bond donors (Lipinski definition) is 11. The lowest BCUT2D eigenvalue weighted by atomic mass is 9.97. The Morgan fingerprint density at radius 2 is 1.23 bits per heavy atom. The van der Waals surface area contributed by atoms with Crippen molar-refractivity contribution in [2.45, 2.75) is 99.2 Å². The zero-order valence-corrected chi connectivity index (χ0v) is 18.7. The Morgan fingerprint density at radius 3 is 1.74 bits per heavy atom. The minimum Gasteiger partial charge on any atom is -0.479 e. The third-order valence-corrected chi connectivity index (χ3v) is 5.92. The number of hydrogen-bond acceptors (Lipinski definition) is 15. The van der Waals surface area contributed by atoms with Crippen LogP contribution < -0.4 is 0 Å². The molecule has 2 heterocycles. The Balaban J connectivity index is 1.96. The maximum absolute atomic E-state index is 10.7. The monoisotopic (exact) mass is 518 g/mol. The number of carbonyl (C=O) groups is 1. The van der Waals surface area contributed by atoms with E-state index in [9.17, 15) is 55.9 Å². The van der Waals surface area contributed by atoms with E-state index in [1.165, 1.54) is 0 Å². The van der Waals surface area contributed by atoms with E-state index in [-0.39, 0.29) is 6.42 Å². The molecule has 206 valence electrons. The topological polar surface area (TPSA) is 277 Å². The minimum atomic E-state index is -2.40. The summed E-state index contributed by atoms with van der Waals surface area (Å²) in [5.74, 6) is -1.85. The molecular formula is C19H34O16. The number of aliphatic carboxylic acids is 1. The highest BCUT2D eigenvalue weighted by atomic mass is 16.7. The van der Waals surface area contributed by atoms with Crippen molar-refractivity contribution in [2.24, 2.45) is 0 Å². The molecule has 2 aliphatic heterocycles. The van der Waals surface area contributed by atoms with E-state index in [1.54, 1.807) is 6.92 Å². The molecule has 0 aromatic heterocycles. The highest BCUT2D eigenvalue weighted by Crippen LogP contribution is 2.27. The molecule has 16 nitrogen and oxygen atoms in total. The predicted molar refractivity (Wildman–Crippen MR) is 107 cm³/mol. The molecule has 0 aliphatic carbocycles. The molecule has 2 saturated heterocycles. The summed E-state index contributed by atoms with van der Waals surface area (Å²) in [6.45, 7) is 0.242. The molecule has 0 saturated carbocycles. The second kappa shape index (κ2) is 12.9. The van der Waals surface area contributed by atoms with Crippen molar-refractivity contribution in [3.63, 3.8) is 0 Å². The molecule has 2 rings (SSSR count). The molecule has 11 N–H and O–H groups in total. The van der Waals surface area contributed by atoms with Crippen molar-refractivity contribution in [1.29, 1.82) is 0 Å². The number of carboxylic acids is 1. The van der Waals surface area contributed by atoms with Crippen molar-refractivity contribution in [1.82, 2.24) is 0 Å². The van der Waals surface area contributed by atoms with Crippen LogP contribution in [-0.2, 0) is 23.7 Å². The van der Waals surface area contributed by atoms with Crippen LogP contribution in [0, 0.1) is 0 Å². The predicted octanol–water partition coefficient (Wildman–Crippen LogP) is -6.43. The quantitative estimate of drug-likeness (QED) is 0.121. The van der Waals surface area contributed by atoms with Crippen LogP contribution in [0.4, 0.5) is 0 Å². The summed E-state index contributed by atoms with van der Waals surface area (Å²) in [6.07, 6.45) is -23.9. The van der Waals surface area contributed by atoms with E-state index >= 15 is 0 Å². The molecule has 16 heteroatoms. The molecule has 0 bridgehead atoms. The fraction of sp³-hybridized carbons (Fsp3) is 0.947. The second-order valence-corrected chi connectivity index (χ2v) is 8.44. The Labute approximate surface area is 199 Å². The molecule has 0 aromatic carbocycles. The van der Waals surface area contributed by atoms with Crippen LogP contribution in [0.5, 0.6) is 0 Å². The summed E-state index contributed by atoms with van der Waals surface area (Å²) in [4.78, 5) is 10.7. The van der Waals surface area contributed by atoms with Crippen LogP contribution in [0.3, 0.4) is 0 Å². The lowest BCUT2D eigenvalue weighted by molar-refractivity contribution is -0.331. The van der Waals surface area contributed by atoms with Crippen LogP contribution >= 0.6 is 0 Å². The van der Waals surface area contributed by atoms with E-state index < -0.39 is 105 Å². The Bertz CT molecular complexity index is 665. The third-order valence-electron chi connectivity index (χ3n) is 5.92. The van der Waals surface area contributed by atoms with Gasteiger partial charge in [0.25, 0.3) is 0 Å².